The number of unbranched alkanes of at least 4 members (excludes halogenated alkanes) is 1. The van der Waals surface area contributed by atoms with Gasteiger partial charge in [0.2, 0.25) is 5.88 Å². The monoisotopic (exact) mass is 255 g/mol. The smallest absolute Gasteiger partial charge is 0.321 e. The molecule has 2 N–H and O–H groups in total. The highest BCUT2D eigenvalue weighted by molar-refractivity contribution is 5.65. The molecule has 0 fully saturated rings. The lowest BCUT2D eigenvalue weighted by molar-refractivity contribution is -0.141. The lowest BCUT2D eigenvalue weighted by atomic mass is 10.3. The zero-order valence-electron chi connectivity index (χ0n) is 10.5. The Morgan fingerprint density at radius 1 is 1.33 bits per heavy atom. The van der Waals surface area contributed by atoms with Gasteiger partial charge in [-0.2, -0.15) is 9.97 Å². The summed E-state index contributed by atoms with van der Waals surface area (Å²) >= 11 is 0. The molecule has 1 aromatic heterocycles. The quantitative estimate of drug-likeness (QED) is 0.568. The van der Waals surface area contributed by atoms with Crippen LogP contribution in [0.2, 0.25) is 0 Å². The summed E-state index contributed by atoms with van der Waals surface area (Å²) in [4.78, 5) is 18.3. The SMILES string of the molecule is COc1nc(N)cc(OCCCCOC(C)=O)n1. The number of esters is 1. The Morgan fingerprint density at radius 2 is 2.06 bits per heavy atom. The van der Waals surface area contributed by atoms with Crippen LogP contribution >= 0.6 is 0 Å². The molecule has 0 radical (unpaired) electrons. The van der Waals surface area contributed by atoms with Gasteiger partial charge in [-0.3, -0.25) is 4.79 Å². The first-order valence-electron chi connectivity index (χ1n) is 5.56. The van der Waals surface area contributed by atoms with Gasteiger partial charge in [-0.1, -0.05) is 0 Å². The van der Waals surface area contributed by atoms with E-state index in [2.05, 4.69) is 9.97 Å². The fourth-order valence-electron chi connectivity index (χ4n) is 1.18. The van der Waals surface area contributed by atoms with Crippen LogP contribution in [-0.4, -0.2) is 36.3 Å². The van der Waals surface area contributed by atoms with Gasteiger partial charge in [0.25, 0.3) is 0 Å². The number of anilines is 1. The highest BCUT2D eigenvalue weighted by Crippen LogP contribution is 2.15. The predicted molar refractivity (Wildman–Crippen MR) is 64.4 cm³/mol. The molecule has 100 valence electrons. The molecular weight excluding hydrogens is 238 g/mol. The fourth-order valence-corrected chi connectivity index (χ4v) is 1.18. The lowest BCUT2D eigenvalue weighted by Crippen LogP contribution is -2.05. The van der Waals surface area contributed by atoms with Crippen LogP contribution < -0.4 is 15.2 Å². The summed E-state index contributed by atoms with van der Waals surface area (Å²) in [5.41, 5.74) is 5.55. The molecule has 0 aliphatic rings. The number of nitrogens with two attached hydrogens (primary N) is 1. The largest absolute Gasteiger partial charge is 0.477 e. The van der Waals surface area contributed by atoms with E-state index in [1.807, 2.05) is 0 Å². The zero-order valence-corrected chi connectivity index (χ0v) is 10.5. The van der Waals surface area contributed by atoms with Crippen LogP contribution in [0.4, 0.5) is 5.82 Å². The van der Waals surface area contributed by atoms with E-state index in [0.717, 1.165) is 12.8 Å². The maximum atomic E-state index is 10.5. The molecule has 0 amide bonds. The van der Waals surface area contributed by atoms with Crippen molar-refractivity contribution in [3.05, 3.63) is 6.07 Å². The summed E-state index contributed by atoms with van der Waals surface area (Å²) in [6, 6.07) is 1.69. The third-order valence-electron chi connectivity index (χ3n) is 1.98. The minimum atomic E-state index is -0.274. The Hall–Kier alpha value is -2.05. The van der Waals surface area contributed by atoms with Crippen LogP contribution in [0.5, 0.6) is 11.9 Å². The number of nitrogens with zero attached hydrogens (tertiary/aromatic N) is 2. The minimum absolute atomic E-state index is 0.171. The number of carbonyl (C=O) groups is 1. The molecule has 0 aromatic carbocycles. The number of carbonyl (C=O) groups excluding carboxylic acids is 1. The van der Waals surface area contributed by atoms with Crippen molar-refractivity contribution in [1.82, 2.24) is 9.97 Å². The van der Waals surface area contributed by atoms with Gasteiger partial charge in [-0.25, -0.2) is 0 Å². The summed E-state index contributed by atoms with van der Waals surface area (Å²) in [5.74, 6) is 0.382. The van der Waals surface area contributed by atoms with Gasteiger partial charge >= 0.3 is 12.0 Å². The Morgan fingerprint density at radius 3 is 2.72 bits per heavy atom. The average Bonchev–Trinajstić information content (AvgIpc) is 2.32. The number of methoxy groups -OCH3 is 1. The predicted octanol–water partition coefficient (Wildman–Crippen LogP) is 0.789. The molecule has 7 heteroatoms. The van der Waals surface area contributed by atoms with E-state index in [4.69, 9.17) is 19.9 Å². The van der Waals surface area contributed by atoms with Crippen LogP contribution in [0.3, 0.4) is 0 Å². The van der Waals surface area contributed by atoms with Crippen molar-refractivity contribution in [1.29, 1.82) is 0 Å². The summed E-state index contributed by atoms with van der Waals surface area (Å²) in [6.45, 7) is 2.24. The highest BCUT2D eigenvalue weighted by Gasteiger charge is 2.03. The van der Waals surface area contributed by atoms with Gasteiger partial charge in [-0.05, 0) is 12.8 Å². The van der Waals surface area contributed by atoms with E-state index >= 15 is 0 Å². The molecule has 0 spiro atoms. The minimum Gasteiger partial charge on any atom is -0.477 e. The van der Waals surface area contributed by atoms with Crippen LogP contribution in [0.25, 0.3) is 0 Å². The topological polar surface area (TPSA) is 96.6 Å². The van der Waals surface area contributed by atoms with Crippen LogP contribution in [0.15, 0.2) is 6.07 Å². The lowest BCUT2D eigenvalue weighted by Gasteiger charge is -2.07. The third-order valence-corrected chi connectivity index (χ3v) is 1.98. The second-order valence-electron chi connectivity index (χ2n) is 3.51. The first-order valence-corrected chi connectivity index (χ1v) is 5.56. The van der Waals surface area contributed by atoms with Crippen molar-refractivity contribution in [3.63, 3.8) is 0 Å². The van der Waals surface area contributed by atoms with Gasteiger partial charge in [-0.15, -0.1) is 0 Å². The van der Waals surface area contributed by atoms with Crippen LogP contribution in [0.1, 0.15) is 19.8 Å². The van der Waals surface area contributed by atoms with E-state index in [0.29, 0.717) is 19.1 Å². The van der Waals surface area contributed by atoms with Crippen molar-refractivity contribution >= 4 is 11.8 Å². The normalized spacial score (nSPS) is 9.89. The molecular formula is C11H17N3O4. The van der Waals surface area contributed by atoms with Gasteiger partial charge < -0.3 is 19.9 Å². The summed E-state index contributed by atoms with van der Waals surface area (Å²) in [6.07, 6.45) is 1.48. The third kappa shape index (κ3) is 5.33. The number of ether oxygens (including phenoxy) is 3. The van der Waals surface area contributed by atoms with E-state index < -0.39 is 0 Å². The summed E-state index contributed by atoms with van der Waals surface area (Å²) in [5, 5.41) is 0. The van der Waals surface area contributed by atoms with Gasteiger partial charge in [0.1, 0.15) is 5.82 Å². The molecule has 0 unspecified atom stereocenters. The van der Waals surface area contributed by atoms with Gasteiger partial charge in [0.05, 0.1) is 20.3 Å². The first-order chi connectivity index (χ1) is 8.61. The van der Waals surface area contributed by atoms with E-state index in [1.54, 1.807) is 0 Å². The number of aromatic nitrogens is 2. The number of hydrogen-bond donors (Lipinski definition) is 1. The van der Waals surface area contributed by atoms with Crippen LogP contribution in [0, 0.1) is 0 Å². The second-order valence-corrected chi connectivity index (χ2v) is 3.51. The first kappa shape index (κ1) is 14.0. The number of hydrogen-bond acceptors (Lipinski definition) is 7. The number of nitrogen functional groups attached to an aromatic ring is 1. The van der Waals surface area contributed by atoms with Gasteiger partial charge in [0.15, 0.2) is 0 Å². The van der Waals surface area contributed by atoms with Crippen LogP contribution in [-0.2, 0) is 9.53 Å². The maximum Gasteiger partial charge on any atom is 0.321 e. The Balaban J connectivity index is 2.26. The highest BCUT2D eigenvalue weighted by atomic mass is 16.5. The van der Waals surface area contributed by atoms with Crippen molar-refractivity contribution in [3.8, 4) is 11.9 Å². The summed E-state index contributed by atoms with van der Waals surface area (Å²) < 4.78 is 15.0. The fraction of sp³-hybridized carbons (Fsp3) is 0.545. The molecule has 1 rings (SSSR count). The molecule has 0 bridgehead atoms. The van der Waals surface area contributed by atoms with Gasteiger partial charge in [0, 0.05) is 13.0 Å². The molecule has 0 aliphatic carbocycles. The molecule has 0 aliphatic heterocycles. The van der Waals surface area contributed by atoms with Crippen molar-refractivity contribution in [2.45, 2.75) is 19.8 Å². The Labute approximate surface area is 105 Å². The van der Waals surface area contributed by atoms with E-state index in [1.165, 1.54) is 20.1 Å². The molecule has 1 aromatic rings. The molecule has 1 heterocycles. The molecule has 18 heavy (non-hydrogen) atoms. The van der Waals surface area contributed by atoms with E-state index in [-0.39, 0.29) is 17.8 Å². The van der Waals surface area contributed by atoms with Crippen molar-refractivity contribution < 1.29 is 19.0 Å². The molecule has 0 atom stereocenters. The van der Waals surface area contributed by atoms with Crippen molar-refractivity contribution in [2.24, 2.45) is 0 Å². The molecule has 7 nitrogen and oxygen atoms in total. The average molecular weight is 255 g/mol. The maximum absolute atomic E-state index is 10.5. The Kier molecular flexibility index (Phi) is 5.69. The number of rotatable bonds is 7. The molecule has 0 saturated heterocycles. The standard InChI is InChI=1S/C11H17N3O4/c1-8(15)17-5-3-4-6-18-10-7-9(12)13-11(14-10)16-2/h7H,3-6H2,1-2H3,(H2,12,13,14). The zero-order chi connectivity index (χ0) is 13.4. The second kappa shape index (κ2) is 7.31. The summed E-state index contributed by atoms with van der Waals surface area (Å²) in [7, 11) is 1.46. The molecule has 0 saturated carbocycles. The Bertz CT molecular complexity index is 398. The van der Waals surface area contributed by atoms with Crippen molar-refractivity contribution in [2.75, 3.05) is 26.1 Å². The van der Waals surface area contributed by atoms with E-state index in [9.17, 15) is 4.79 Å².